The zero-order chi connectivity index (χ0) is 12.5. The van der Waals surface area contributed by atoms with E-state index in [1.165, 1.54) is 16.7 Å². The van der Waals surface area contributed by atoms with Crippen LogP contribution in [0.3, 0.4) is 0 Å². The van der Waals surface area contributed by atoms with Crippen molar-refractivity contribution in [2.24, 2.45) is 0 Å². The van der Waals surface area contributed by atoms with Crippen molar-refractivity contribution in [1.29, 1.82) is 0 Å². The summed E-state index contributed by atoms with van der Waals surface area (Å²) in [6, 6.07) is 14.7. The molecule has 0 aliphatic carbocycles. The molecule has 18 heavy (non-hydrogen) atoms. The maximum Gasteiger partial charge on any atom is 0.0328 e. The van der Waals surface area contributed by atoms with E-state index in [-0.39, 0.29) is 0 Å². The Morgan fingerprint density at radius 2 is 1.89 bits per heavy atom. The third kappa shape index (κ3) is 2.28. The van der Waals surface area contributed by atoms with Gasteiger partial charge in [0.15, 0.2) is 0 Å². The van der Waals surface area contributed by atoms with E-state index in [0.29, 0.717) is 0 Å². The fourth-order valence-corrected chi connectivity index (χ4v) is 3.15. The minimum absolute atomic E-state index is 0.835. The van der Waals surface area contributed by atoms with E-state index in [4.69, 9.17) is 5.73 Å². The van der Waals surface area contributed by atoms with Gasteiger partial charge in [-0.25, -0.2) is 0 Å². The lowest BCUT2D eigenvalue weighted by atomic mass is 10.1. The number of nitrogens with two attached hydrogens (primary N) is 1. The molecule has 2 aromatic rings. The van der Waals surface area contributed by atoms with Crippen molar-refractivity contribution in [1.82, 2.24) is 4.90 Å². The molecule has 1 aliphatic heterocycles. The van der Waals surface area contributed by atoms with Gasteiger partial charge in [-0.1, -0.05) is 46.3 Å². The van der Waals surface area contributed by atoms with Crippen molar-refractivity contribution >= 4 is 21.6 Å². The van der Waals surface area contributed by atoms with E-state index >= 15 is 0 Å². The Hall–Kier alpha value is -1.32. The Labute approximate surface area is 116 Å². The zero-order valence-corrected chi connectivity index (χ0v) is 11.7. The Morgan fingerprint density at radius 3 is 2.67 bits per heavy atom. The van der Waals surface area contributed by atoms with Crippen molar-refractivity contribution in [2.75, 3.05) is 5.73 Å². The molecular weight excluding hydrogens is 288 g/mol. The predicted octanol–water partition coefficient (Wildman–Crippen LogP) is 3.55. The molecule has 3 heteroatoms. The summed E-state index contributed by atoms with van der Waals surface area (Å²) in [5, 5.41) is 0. The molecule has 1 aliphatic rings. The molecular formula is C15H15BrN2. The quantitative estimate of drug-likeness (QED) is 0.860. The van der Waals surface area contributed by atoms with Crippen LogP contribution in [-0.2, 0) is 19.6 Å². The normalized spacial score (nSPS) is 14.7. The van der Waals surface area contributed by atoms with Gasteiger partial charge < -0.3 is 5.73 Å². The lowest BCUT2D eigenvalue weighted by Crippen LogP contribution is -2.15. The van der Waals surface area contributed by atoms with Gasteiger partial charge in [0.2, 0.25) is 0 Å². The van der Waals surface area contributed by atoms with Crippen molar-refractivity contribution in [2.45, 2.75) is 19.6 Å². The highest BCUT2D eigenvalue weighted by Crippen LogP contribution is 2.32. The molecule has 0 aromatic heterocycles. The molecule has 0 atom stereocenters. The molecule has 0 bridgehead atoms. The van der Waals surface area contributed by atoms with E-state index in [1.807, 2.05) is 6.07 Å². The van der Waals surface area contributed by atoms with E-state index in [0.717, 1.165) is 29.8 Å². The maximum absolute atomic E-state index is 5.88. The average Bonchev–Trinajstić information content (AvgIpc) is 2.73. The summed E-state index contributed by atoms with van der Waals surface area (Å²) < 4.78 is 1.13. The largest absolute Gasteiger partial charge is 0.399 e. The third-order valence-corrected chi connectivity index (χ3v) is 4.04. The van der Waals surface area contributed by atoms with E-state index in [9.17, 15) is 0 Å². The maximum atomic E-state index is 5.88. The molecule has 3 rings (SSSR count). The molecule has 92 valence electrons. The lowest BCUT2D eigenvalue weighted by molar-refractivity contribution is 0.275. The summed E-state index contributed by atoms with van der Waals surface area (Å²) in [4.78, 5) is 2.43. The zero-order valence-electron chi connectivity index (χ0n) is 10.1. The first-order valence-electron chi connectivity index (χ1n) is 6.05. The molecule has 0 saturated heterocycles. The Kier molecular flexibility index (Phi) is 3.10. The number of benzene rings is 2. The van der Waals surface area contributed by atoms with Crippen LogP contribution in [0.5, 0.6) is 0 Å². The minimum atomic E-state index is 0.835. The van der Waals surface area contributed by atoms with Gasteiger partial charge in [-0.2, -0.15) is 0 Å². The summed E-state index contributed by atoms with van der Waals surface area (Å²) in [5.74, 6) is 0. The molecule has 2 N–H and O–H groups in total. The first kappa shape index (κ1) is 11.8. The second kappa shape index (κ2) is 4.75. The van der Waals surface area contributed by atoms with Crippen molar-refractivity contribution < 1.29 is 0 Å². The molecule has 0 spiro atoms. The van der Waals surface area contributed by atoms with Crippen LogP contribution >= 0.6 is 15.9 Å². The van der Waals surface area contributed by atoms with Gasteiger partial charge in [-0.3, -0.25) is 4.90 Å². The van der Waals surface area contributed by atoms with Crippen molar-refractivity contribution in [3.05, 3.63) is 63.6 Å². The Morgan fingerprint density at radius 1 is 1.11 bits per heavy atom. The van der Waals surface area contributed by atoms with Crippen LogP contribution in [0.4, 0.5) is 5.69 Å². The molecule has 0 amide bonds. The van der Waals surface area contributed by atoms with Gasteiger partial charge in [0.05, 0.1) is 0 Å². The number of nitrogen functional groups attached to an aromatic ring is 1. The van der Waals surface area contributed by atoms with Gasteiger partial charge >= 0.3 is 0 Å². The fraction of sp³-hybridized carbons (Fsp3) is 0.200. The highest BCUT2D eigenvalue weighted by atomic mass is 79.9. The van der Waals surface area contributed by atoms with Crippen molar-refractivity contribution in [3.8, 4) is 0 Å². The van der Waals surface area contributed by atoms with Crippen molar-refractivity contribution in [3.63, 3.8) is 0 Å². The molecule has 0 radical (unpaired) electrons. The SMILES string of the molecule is Nc1cc(Br)c2c(c1)CN(Cc1ccccc1)C2. The number of halogens is 1. The molecule has 2 aromatic carbocycles. The number of rotatable bonds is 2. The molecule has 1 heterocycles. The highest BCUT2D eigenvalue weighted by Gasteiger charge is 2.21. The van der Waals surface area contributed by atoms with Gasteiger partial charge in [0, 0.05) is 29.8 Å². The number of fused-ring (bicyclic) bond motifs is 1. The number of hydrogen-bond acceptors (Lipinski definition) is 2. The number of anilines is 1. The number of hydrogen-bond donors (Lipinski definition) is 1. The smallest absolute Gasteiger partial charge is 0.0328 e. The minimum Gasteiger partial charge on any atom is -0.399 e. The van der Waals surface area contributed by atoms with E-state index in [1.54, 1.807) is 0 Å². The summed E-state index contributed by atoms with van der Waals surface area (Å²) in [7, 11) is 0. The summed E-state index contributed by atoms with van der Waals surface area (Å²) in [6.07, 6.45) is 0. The van der Waals surface area contributed by atoms with Gasteiger partial charge in [0.1, 0.15) is 0 Å². The fourth-order valence-electron chi connectivity index (χ4n) is 2.51. The second-order valence-corrected chi connectivity index (χ2v) is 5.63. The van der Waals surface area contributed by atoms with E-state index < -0.39 is 0 Å². The molecule has 0 saturated carbocycles. The first-order valence-corrected chi connectivity index (χ1v) is 6.85. The van der Waals surface area contributed by atoms with Gasteiger partial charge in [-0.15, -0.1) is 0 Å². The summed E-state index contributed by atoms with van der Waals surface area (Å²) >= 11 is 3.60. The Balaban J connectivity index is 1.79. The van der Waals surface area contributed by atoms with Crippen LogP contribution in [0.15, 0.2) is 46.9 Å². The van der Waals surface area contributed by atoms with Gasteiger partial charge in [0.25, 0.3) is 0 Å². The van der Waals surface area contributed by atoms with Gasteiger partial charge in [-0.05, 0) is 28.8 Å². The van der Waals surface area contributed by atoms with Crippen LogP contribution in [0, 0.1) is 0 Å². The third-order valence-electron chi connectivity index (χ3n) is 3.33. The van der Waals surface area contributed by atoms with Crippen LogP contribution in [0.1, 0.15) is 16.7 Å². The van der Waals surface area contributed by atoms with Crippen LogP contribution in [0.25, 0.3) is 0 Å². The van der Waals surface area contributed by atoms with Crippen LogP contribution in [0.2, 0.25) is 0 Å². The summed E-state index contributed by atoms with van der Waals surface area (Å²) in [5.41, 5.74) is 10.8. The highest BCUT2D eigenvalue weighted by molar-refractivity contribution is 9.10. The van der Waals surface area contributed by atoms with Crippen LogP contribution in [-0.4, -0.2) is 4.90 Å². The molecule has 0 unspecified atom stereocenters. The first-order chi connectivity index (χ1) is 8.72. The predicted molar refractivity (Wildman–Crippen MR) is 77.9 cm³/mol. The topological polar surface area (TPSA) is 29.3 Å². The average molecular weight is 303 g/mol. The Bertz CT molecular complexity index is 566. The lowest BCUT2D eigenvalue weighted by Gasteiger charge is -2.14. The molecule has 2 nitrogen and oxygen atoms in total. The van der Waals surface area contributed by atoms with Crippen LogP contribution < -0.4 is 5.73 Å². The second-order valence-electron chi connectivity index (χ2n) is 4.77. The number of nitrogens with zero attached hydrogens (tertiary/aromatic N) is 1. The monoisotopic (exact) mass is 302 g/mol. The standard InChI is InChI=1S/C15H15BrN2/c16-15-7-13(17)6-12-9-18(10-14(12)15)8-11-4-2-1-3-5-11/h1-7H,8-10,17H2. The van der Waals surface area contributed by atoms with E-state index in [2.05, 4.69) is 57.2 Å². The molecule has 0 fully saturated rings. The summed E-state index contributed by atoms with van der Waals surface area (Å²) in [6.45, 7) is 2.96.